The zero-order valence-corrected chi connectivity index (χ0v) is 19.5. The van der Waals surface area contributed by atoms with E-state index >= 15 is 0 Å². The summed E-state index contributed by atoms with van der Waals surface area (Å²) in [6, 6.07) is 5.88. The molecule has 3 aliphatic rings. The summed E-state index contributed by atoms with van der Waals surface area (Å²) in [5.74, 6) is 1.56. The highest BCUT2D eigenvalue weighted by Gasteiger charge is 2.64. The standard InChI is InChI=1S/C24H29N7S/c1-4-6-19-20(26-3)11-21(30-23-27-14-15(2)32-23)29-22(19)28-16-9-17-12-24(7-5-8-25)13-18(10-16)31(17)24/h4,6,11,14,16-18H,3,5,7,9-10,12-13H2,1-2H3,(H2,27,28,29,30)/b6-4-/t16-,17+,18-,24?. The highest BCUT2D eigenvalue weighted by molar-refractivity contribution is 7.15. The third kappa shape index (κ3) is 3.59. The number of nitrogens with zero attached hydrogens (tertiary/aromatic N) is 5. The quantitative estimate of drug-likeness (QED) is 0.525. The number of rotatable bonds is 8. The Kier molecular flexibility index (Phi) is 5.48. The summed E-state index contributed by atoms with van der Waals surface area (Å²) < 4.78 is 0. The third-order valence-corrected chi connectivity index (χ3v) is 7.95. The molecule has 7 nitrogen and oxygen atoms in total. The van der Waals surface area contributed by atoms with Crippen molar-refractivity contribution >= 4 is 46.6 Å². The lowest BCUT2D eigenvalue weighted by molar-refractivity contribution is -0.222. The molecule has 0 bridgehead atoms. The Balaban J connectivity index is 1.35. The van der Waals surface area contributed by atoms with Gasteiger partial charge < -0.3 is 10.6 Å². The summed E-state index contributed by atoms with van der Waals surface area (Å²) in [7, 11) is 0. The van der Waals surface area contributed by atoms with E-state index < -0.39 is 0 Å². The summed E-state index contributed by atoms with van der Waals surface area (Å²) >= 11 is 1.60. The van der Waals surface area contributed by atoms with Crippen LogP contribution in [0.1, 0.15) is 55.9 Å². The van der Waals surface area contributed by atoms with E-state index in [9.17, 15) is 0 Å². The molecule has 3 aliphatic heterocycles. The molecule has 0 aliphatic carbocycles. The molecule has 1 unspecified atom stereocenters. The minimum absolute atomic E-state index is 0.333. The molecule has 2 aromatic rings. The monoisotopic (exact) mass is 447 g/mol. The molecule has 0 radical (unpaired) electrons. The first-order valence-electron chi connectivity index (χ1n) is 11.3. The molecular weight excluding hydrogens is 418 g/mol. The number of aromatic nitrogens is 2. The normalized spacial score (nSPS) is 28.3. The number of hydrogen-bond donors (Lipinski definition) is 2. The van der Waals surface area contributed by atoms with E-state index in [-0.39, 0.29) is 0 Å². The number of aliphatic imine (C=N–C) groups is 1. The van der Waals surface area contributed by atoms with E-state index in [2.05, 4.69) is 38.3 Å². The third-order valence-electron chi connectivity index (χ3n) is 7.12. The van der Waals surface area contributed by atoms with Crippen molar-refractivity contribution in [2.45, 2.75) is 76.0 Å². The molecule has 2 aromatic heterocycles. The van der Waals surface area contributed by atoms with Crippen molar-refractivity contribution in [3.8, 4) is 6.07 Å². The molecule has 3 saturated heterocycles. The van der Waals surface area contributed by atoms with Crippen molar-refractivity contribution in [1.82, 2.24) is 14.9 Å². The number of nitriles is 1. The number of allylic oxidation sites excluding steroid dienone is 1. The number of thiazole rings is 1. The number of aryl methyl sites for hydroxylation is 1. The molecule has 32 heavy (non-hydrogen) atoms. The summed E-state index contributed by atoms with van der Waals surface area (Å²) in [5, 5.41) is 16.9. The number of pyridine rings is 1. The van der Waals surface area contributed by atoms with Crippen LogP contribution in [-0.4, -0.2) is 45.2 Å². The molecule has 0 saturated carbocycles. The first-order chi connectivity index (χ1) is 15.5. The molecule has 8 heteroatoms. The zero-order valence-electron chi connectivity index (χ0n) is 18.6. The van der Waals surface area contributed by atoms with Crippen LogP contribution in [0.2, 0.25) is 0 Å². The Labute approximate surface area is 193 Å². The second-order valence-electron chi connectivity index (χ2n) is 9.17. The lowest BCUT2D eigenvalue weighted by Crippen LogP contribution is -2.81. The smallest absolute Gasteiger partial charge is 0.188 e. The molecule has 2 N–H and O–H groups in total. The van der Waals surface area contributed by atoms with Crippen LogP contribution in [0.15, 0.2) is 23.3 Å². The number of hydrogen-bond acceptors (Lipinski definition) is 8. The van der Waals surface area contributed by atoms with Crippen molar-refractivity contribution < 1.29 is 0 Å². The van der Waals surface area contributed by atoms with Crippen LogP contribution in [-0.2, 0) is 0 Å². The summed E-state index contributed by atoms with van der Waals surface area (Å²) in [4.78, 5) is 17.4. The van der Waals surface area contributed by atoms with Gasteiger partial charge in [-0.2, -0.15) is 5.26 Å². The van der Waals surface area contributed by atoms with Gasteiger partial charge in [0.2, 0.25) is 0 Å². The number of anilines is 3. The molecule has 3 fully saturated rings. The molecule has 166 valence electrons. The average Bonchev–Trinajstić information content (AvgIpc) is 3.15. The Morgan fingerprint density at radius 1 is 1.41 bits per heavy atom. The van der Waals surface area contributed by atoms with Crippen molar-refractivity contribution in [3.63, 3.8) is 0 Å². The van der Waals surface area contributed by atoms with Gasteiger partial charge in [0.15, 0.2) is 5.13 Å². The molecule has 5 heterocycles. The van der Waals surface area contributed by atoms with E-state index in [4.69, 9.17) is 10.2 Å². The Hall–Kier alpha value is -2.76. The van der Waals surface area contributed by atoms with Crippen molar-refractivity contribution in [1.29, 1.82) is 5.26 Å². The van der Waals surface area contributed by atoms with E-state index in [0.29, 0.717) is 30.1 Å². The minimum atomic E-state index is 0.333. The lowest BCUT2D eigenvalue weighted by atomic mass is 9.57. The summed E-state index contributed by atoms with van der Waals surface area (Å²) in [5.41, 5.74) is 2.10. The maximum Gasteiger partial charge on any atom is 0.188 e. The SMILES string of the molecule is C=Nc1cc(Nc2ncc(C)s2)nc(N[C@H]2C[C@@H]3CC4(CCC#N)C[C@H](C2)N34)c1/C=C\C. The highest BCUT2D eigenvalue weighted by atomic mass is 32.1. The molecule has 0 aromatic carbocycles. The van der Waals surface area contributed by atoms with E-state index in [0.717, 1.165) is 52.2 Å². The van der Waals surface area contributed by atoms with Crippen molar-refractivity contribution in [2.24, 2.45) is 4.99 Å². The van der Waals surface area contributed by atoms with E-state index in [1.807, 2.05) is 38.3 Å². The second-order valence-corrected chi connectivity index (χ2v) is 10.4. The molecule has 5 rings (SSSR count). The average molecular weight is 448 g/mol. The fourth-order valence-electron chi connectivity index (χ4n) is 6.00. The van der Waals surface area contributed by atoms with Gasteiger partial charge in [0, 0.05) is 52.8 Å². The first kappa shape index (κ1) is 21.1. The van der Waals surface area contributed by atoms with Crippen LogP contribution in [0.3, 0.4) is 0 Å². The predicted molar refractivity (Wildman–Crippen MR) is 131 cm³/mol. The van der Waals surface area contributed by atoms with Gasteiger partial charge in [0.1, 0.15) is 11.6 Å². The zero-order chi connectivity index (χ0) is 22.3. The molecule has 0 spiro atoms. The number of piperidine rings is 2. The summed E-state index contributed by atoms with van der Waals surface area (Å²) in [6.07, 6.45) is 12.3. The van der Waals surface area contributed by atoms with Crippen LogP contribution >= 0.6 is 11.3 Å². The van der Waals surface area contributed by atoms with Gasteiger partial charge >= 0.3 is 0 Å². The van der Waals surface area contributed by atoms with Crippen molar-refractivity contribution in [3.05, 3.63) is 28.8 Å². The minimum Gasteiger partial charge on any atom is -0.367 e. The summed E-state index contributed by atoms with van der Waals surface area (Å²) in [6.45, 7) is 7.83. The lowest BCUT2D eigenvalue weighted by Gasteiger charge is -2.74. The Morgan fingerprint density at radius 2 is 2.19 bits per heavy atom. The van der Waals surface area contributed by atoms with Gasteiger partial charge in [-0.25, -0.2) is 9.97 Å². The fourth-order valence-corrected chi connectivity index (χ4v) is 6.67. The van der Waals surface area contributed by atoms with Gasteiger partial charge in [-0.3, -0.25) is 9.89 Å². The van der Waals surface area contributed by atoms with Gasteiger partial charge in [0.25, 0.3) is 0 Å². The van der Waals surface area contributed by atoms with Gasteiger partial charge in [-0.15, -0.1) is 11.3 Å². The maximum absolute atomic E-state index is 8.99. The van der Waals surface area contributed by atoms with Crippen LogP contribution in [0.5, 0.6) is 0 Å². The van der Waals surface area contributed by atoms with E-state index in [1.54, 1.807) is 11.3 Å². The van der Waals surface area contributed by atoms with E-state index in [1.165, 1.54) is 12.8 Å². The second kappa shape index (κ2) is 8.30. The molecule has 0 amide bonds. The van der Waals surface area contributed by atoms with Crippen molar-refractivity contribution in [2.75, 3.05) is 10.6 Å². The van der Waals surface area contributed by atoms with Crippen LogP contribution in [0.4, 0.5) is 22.5 Å². The van der Waals surface area contributed by atoms with Crippen LogP contribution in [0.25, 0.3) is 6.08 Å². The Bertz CT molecular complexity index is 1080. The molecule has 4 atom stereocenters. The first-order valence-corrected chi connectivity index (χ1v) is 12.1. The Morgan fingerprint density at radius 3 is 2.81 bits per heavy atom. The fraction of sp³-hybridized carbons (Fsp3) is 0.500. The van der Waals surface area contributed by atoms with Gasteiger partial charge in [0.05, 0.1) is 11.8 Å². The highest BCUT2D eigenvalue weighted by Crippen LogP contribution is 2.58. The van der Waals surface area contributed by atoms with Crippen LogP contribution in [0, 0.1) is 18.3 Å². The predicted octanol–water partition coefficient (Wildman–Crippen LogP) is 5.42. The topological polar surface area (TPSA) is 89.2 Å². The van der Waals surface area contributed by atoms with Gasteiger partial charge in [-0.05, 0) is 52.7 Å². The number of nitrogens with one attached hydrogen (secondary N) is 2. The largest absolute Gasteiger partial charge is 0.367 e. The van der Waals surface area contributed by atoms with Gasteiger partial charge in [-0.1, -0.05) is 12.2 Å². The van der Waals surface area contributed by atoms with Crippen LogP contribution < -0.4 is 10.6 Å². The molecular formula is C24H29N7S. The maximum atomic E-state index is 8.99.